The third-order valence-corrected chi connectivity index (χ3v) is 3.72. The summed E-state index contributed by atoms with van der Waals surface area (Å²) in [6.45, 7) is 1.76. The predicted octanol–water partition coefficient (Wildman–Crippen LogP) is 1.29. The second-order valence-electron chi connectivity index (χ2n) is 4.60. The smallest absolute Gasteiger partial charge is 0.232 e. The molecule has 2 aliphatic rings. The number of nitrogens with zero attached hydrogens (tertiary/aromatic N) is 2. The molecule has 0 aliphatic carbocycles. The van der Waals surface area contributed by atoms with Crippen LogP contribution in [0.4, 0.5) is 11.5 Å². The first kappa shape index (κ1) is 11.7. The number of rotatable bonds is 0. The highest BCUT2D eigenvalue weighted by Gasteiger charge is 2.42. The third-order valence-electron chi connectivity index (χ3n) is 3.53. The van der Waals surface area contributed by atoms with Crippen molar-refractivity contribution < 1.29 is 9.53 Å². The summed E-state index contributed by atoms with van der Waals surface area (Å²) in [5, 5.41) is 6.22. The number of carbonyl (C=O) groups excluding carboxylic acids is 1. The van der Waals surface area contributed by atoms with Gasteiger partial charge in [0.2, 0.25) is 11.2 Å². The number of nitrogens with one attached hydrogen (secondary N) is 2. The highest BCUT2D eigenvalue weighted by molar-refractivity contribution is 6.28. The van der Waals surface area contributed by atoms with Crippen LogP contribution in [0.1, 0.15) is 12.8 Å². The third kappa shape index (κ3) is 1.91. The van der Waals surface area contributed by atoms with E-state index in [1.807, 2.05) is 0 Å². The van der Waals surface area contributed by atoms with Crippen molar-refractivity contribution in [2.24, 2.45) is 5.41 Å². The number of hydrogen-bond acceptors (Lipinski definition) is 5. The minimum atomic E-state index is -0.425. The predicted molar refractivity (Wildman–Crippen MR) is 66.6 cm³/mol. The van der Waals surface area contributed by atoms with Crippen molar-refractivity contribution in [1.82, 2.24) is 9.97 Å². The fourth-order valence-corrected chi connectivity index (χ4v) is 2.47. The van der Waals surface area contributed by atoms with Gasteiger partial charge in [-0.25, -0.2) is 4.98 Å². The van der Waals surface area contributed by atoms with Crippen LogP contribution in [-0.4, -0.2) is 35.6 Å². The van der Waals surface area contributed by atoms with Crippen molar-refractivity contribution in [1.29, 1.82) is 0 Å². The first-order valence-corrected chi connectivity index (χ1v) is 6.23. The van der Waals surface area contributed by atoms with Crippen LogP contribution >= 0.6 is 11.6 Å². The van der Waals surface area contributed by atoms with Crippen molar-refractivity contribution in [2.45, 2.75) is 12.8 Å². The normalized spacial score (nSPS) is 21.7. The van der Waals surface area contributed by atoms with Gasteiger partial charge in [-0.05, 0) is 24.4 Å². The average Bonchev–Trinajstić information content (AvgIpc) is 2.51. The van der Waals surface area contributed by atoms with Crippen molar-refractivity contribution in [3.05, 3.63) is 11.5 Å². The molecule has 18 heavy (non-hydrogen) atoms. The number of hydrogen-bond donors (Lipinski definition) is 2. The first-order chi connectivity index (χ1) is 8.70. The van der Waals surface area contributed by atoms with Gasteiger partial charge in [0, 0.05) is 19.8 Å². The van der Waals surface area contributed by atoms with Crippen LogP contribution in [0, 0.1) is 5.41 Å². The summed E-state index contributed by atoms with van der Waals surface area (Å²) in [6.07, 6.45) is 2.94. The topological polar surface area (TPSA) is 76.1 Å². The van der Waals surface area contributed by atoms with Crippen LogP contribution in [-0.2, 0) is 9.53 Å². The van der Waals surface area contributed by atoms with Gasteiger partial charge < -0.3 is 15.4 Å². The van der Waals surface area contributed by atoms with Gasteiger partial charge in [0.1, 0.15) is 5.69 Å². The minimum Gasteiger partial charge on any atom is -0.381 e. The van der Waals surface area contributed by atoms with Crippen LogP contribution < -0.4 is 10.6 Å². The number of halogens is 1. The molecule has 2 aliphatic heterocycles. The number of fused-ring (bicyclic) bond motifs is 1. The molecule has 1 aromatic heterocycles. The fraction of sp³-hybridized carbons (Fsp3) is 0.545. The zero-order valence-corrected chi connectivity index (χ0v) is 10.5. The second kappa shape index (κ2) is 4.37. The Bertz CT molecular complexity index is 488. The molecule has 96 valence electrons. The van der Waals surface area contributed by atoms with E-state index in [9.17, 15) is 4.79 Å². The van der Waals surface area contributed by atoms with Gasteiger partial charge >= 0.3 is 0 Å². The lowest BCUT2D eigenvalue weighted by molar-refractivity contribution is -0.129. The fourth-order valence-electron chi connectivity index (χ4n) is 2.34. The molecular formula is C11H13ClN4O2. The van der Waals surface area contributed by atoms with Crippen LogP contribution in [0.3, 0.4) is 0 Å². The van der Waals surface area contributed by atoms with Gasteiger partial charge in [-0.3, -0.25) is 4.79 Å². The summed E-state index contributed by atoms with van der Waals surface area (Å²) in [5.74, 6) is 0.578. The Morgan fingerprint density at radius 3 is 2.94 bits per heavy atom. The van der Waals surface area contributed by atoms with E-state index in [1.165, 1.54) is 6.20 Å². The van der Waals surface area contributed by atoms with E-state index >= 15 is 0 Å². The highest BCUT2D eigenvalue weighted by atomic mass is 35.5. The Hall–Kier alpha value is -1.40. The van der Waals surface area contributed by atoms with Gasteiger partial charge in [-0.1, -0.05) is 0 Å². The van der Waals surface area contributed by atoms with E-state index in [-0.39, 0.29) is 11.2 Å². The first-order valence-electron chi connectivity index (χ1n) is 5.85. The quantitative estimate of drug-likeness (QED) is 0.694. The number of aromatic nitrogens is 2. The highest BCUT2D eigenvalue weighted by Crippen LogP contribution is 2.36. The van der Waals surface area contributed by atoms with Gasteiger partial charge in [-0.15, -0.1) is 0 Å². The molecule has 0 bridgehead atoms. The maximum Gasteiger partial charge on any atom is 0.232 e. The molecule has 3 rings (SSSR count). The Labute approximate surface area is 109 Å². The molecule has 1 saturated heterocycles. The summed E-state index contributed by atoms with van der Waals surface area (Å²) in [4.78, 5) is 20.3. The van der Waals surface area contributed by atoms with Crippen molar-refractivity contribution in [3.63, 3.8) is 0 Å². The van der Waals surface area contributed by atoms with Crippen LogP contribution in [0.25, 0.3) is 0 Å². The molecule has 0 atom stereocenters. The van der Waals surface area contributed by atoms with Crippen molar-refractivity contribution >= 4 is 29.0 Å². The summed E-state index contributed by atoms with van der Waals surface area (Å²) >= 11 is 5.75. The summed E-state index contributed by atoms with van der Waals surface area (Å²) in [6, 6.07) is 0. The molecule has 0 saturated carbocycles. The number of carbonyl (C=O) groups is 1. The number of amides is 1. The summed E-state index contributed by atoms with van der Waals surface area (Å²) < 4.78 is 5.33. The van der Waals surface area contributed by atoms with Crippen LogP contribution in [0.2, 0.25) is 5.28 Å². The standard InChI is InChI=1S/C11H13ClN4O2/c12-10-13-5-7-8(16-10)14-6-11(9(17)15-7)1-3-18-4-2-11/h5H,1-4,6H2,(H,15,17)(H,13,14,16). The average molecular weight is 269 g/mol. The summed E-state index contributed by atoms with van der Waals surface area (Å²) in [7, 11) is 0. The largest absolute Gasteiger partial charge is 0.381 e. The molecule has 2 N–H and O–H groups in total. The molecule has 7 heteroatoms. The lowest BCUT2D eigenvalue weighted by Crippen LogP contribution is -2.44. The Kier molecular flexibility index (Phi) is 2.83. The molecule has 3 heterocycles. The molecule has 1 aromatic rings. The van der Waals surface area contributed by atoms with Crippen LogP contribution in [0.5, 0.6) is 0 Å². The molecule has 1 fully saturated rings. The Morgan fingerprint density at radius 1 is 1.39 bits per heavy atom. The van der Waals surface area contributed by atoms with E-state index in [2.05, 4.69) is 20.6 Å². The van der Waals surface area contributed by atoms with Gasteiger partial charge in [0.05, 0.1) is 11.6 Å². The molecule has 0 radical (unpaired) electrons. The van der Waals surface area contributed by atoms with E-state index < -0.39 is 5.41 Å². The Morgan fingerprint density at radius 2 is 2.17 bits per heavy atom. The van der Waals surface area contributed by atoms with Crippen molar-refractivity contribution in [3.8, 4) is 0 Å². The van der Waals surface area contributed by atoms with E-state index in [0.717, 1.165) is 0 Å². The van der Waals surface area contributed by atoms with E-state index in [4.69, 9.17) is 16.3 Å². The molecule has 0 aromatic carbocycles. The number of anilines is 2. The van der Waals surface area contributed by atoms with Gasteiger partial charge in [0.15, 0.2) is 5.82 Å². The molecule has 1 spiro atoms. The molecule has 0 unspecified atom stereocenters. The zero-order chi connectivity index (χ0) is 12.6. The van der Waals surface area contributed by atoms with Gasteiger partial charge in [0.25, 0.3) is 0 Å². The monoisotopic (exact) mass is 268 g/mol. The van der Waals surface area contributed by atoms with Gasteiger partial charge in [-0.2, -0.15) is 4.98 Å². The zero-order valence-electron chi connectivity index (χ0n) is 9.70. The Balaban J connectivity index is 1.92. The SMILES string of the molecule is O=C1Nc2cnc(Cl)nc2NCC12CCOCC2. The van der Waals surface area contributed by atoms with Crippen LogP contribution in [0.15, 0.2) is 6.20 Å². The maximum absolute atomic E-state index is 12.3. The second-order valence-corrected chi connectivity index (χ2v) is 4.94. The number of ether oxygens (including phenoxy) is 1. The molecule has 6 nitrogen and oxygen atoms in total. The van der Waals surface area contributed by atoms with E-state index in [0.29, 0.717) is 44.1 Å². The molecular weight excluding hydrogens is 256 g/mol. The minimum absolute atomic E-state index is 0.00275. The summed E-state index contributed by atoms with van der Waals surface area (Å²) in [5.41, 5.74) is 0.151. The van der Waals surface area contributed by atoms with E-state index in [1.54, 1.807) is 0 Å². The molecule has 1 amide bonds. The lowest BCUT2D eigenvalue weighted by atomic mass is 9.79. The van der Waals surface area contributed by atoms with Crippen molar-refractivity contribution in [2.75, 3.05) is 30.4 Å². The maximum atomic E-state index is 12.3. The lowest BCUT2D eigenvalue weighted by Gasteiger charge is -2.33.